The van der Waals surface area contributed by atoms with Crippen LogP contribution < -0.4 is 4.74 Å². The molecule has 2 aliphatic heterocycles. The number of carbonyl (C=O) groups is 1. The van der Waals surface area contributed by atoms with E-state index in [1.807, 2.05) is 32.2 Å². The van der Waals surface area contributed by atoms with E-state index < -0.39 is 6.67 Å². The Morgan fingerprint density at radius 3 is 2.62 bits per heavy atom. The fourth-order valence-electron chi connectivity index (χ4n) is 5.80. The van der Waals surface area contributed by atoms with Crippen LogP contribution >= 0.6 is 0 Å². The number of rotatable bonds is 10. The van der Waals surface area contributed by atoms with Crippen molar-refractivity contribution in [3.05, 3.63) is 41.2 Å². The Morgan fingerprint density at radius 2 is 1.90 bits per heavy atom. The summed E-state index contributed by atoms with van der Waals surface area (Å²) in [4.78, 5) is 26.7. The first kappa shape index (κ1) is 30.2. The van der Waals surface area contributed by atoms with Crippen molar-refractivity contribution in [3.8, 4) is 17.1 Å². The van der Waals surface area contributed by atoms with Crippen LogP contribution in [-0.4, -0.2) is 109 Å². The molecule has 2 saturated heterocycles. The Balaban J connectivity index is 1.39. The van der Waals surface area contributed by atoms with Crippen molar-refractivity contribution in [2.75, 3.05) is 72.9 Å². The molecule has 0 aromatic carbocycles. The van der Waals surface area contributed by atoms with Gasteiger partial charge in [-0.25, -0.2) is 19.2 Å². The van der Waals surface area contributed by atoms with E-state index >= 15 is 0 Å². The molecule has 10 nitrogen and oxygen atoms in total. The lowest BCUT2D eigenvalue weighted by atomic mass is 10.0. The lowest BCUT2D eigenvalue weighted by molar-refractivity contribution is 0.0216. The fourth-order valence-corrected chi connectivity index (χ4v) is 5.80. The smallest absolute Gasteiger partial charge is 0.409 e. The van der Waals surface area contributed by atoms with E-state index in [0.29, 0.717) is 45.3 Å². The minimum absolute atomic E-state index is 0.0279. The van der Waals surface area contributed by atoms with Crippen LogP contribution in [0, 0.1) is 13.8 Å². The number of alkyl halides is 1. The Bertz CT molecular complexity index is 1390. The zero-order chi connectivity index (χ0) is 29.8. The molecule has 2 atom stereocenters. The van der Waals surface area contributed by atoms with E-state index in [1.165, 1.54) is 0 Å². The molecule has 0 radical (unpaired) electrons. The Kier molecular flexibility index (Phi) is 9.60. The molecule has 42 heavy (non-hydrogen) atoms. The molecule has 1 amide bonds. The molecule has 0 N–H and O–H groups in total. The van der Waals surface area contributed by atoms with Gasteiger partial charge in [-0.15, -0.1) is 0 Å². The first-order valence-electron chi connectivity index (χ1n) is 14.7. The zero-order valence-corrected chi connectivity index (χ0v) is 25.3. The van der Waals surface area contributed by atoms with Gasteiger partial charge in [0.2, 0.25) is 5.88 Å². The van der Waals surface area contributed by atoms with Gasteiger partial charge in [0, 0.05) is 38.1 Å². The number of pyridine rings is 2. The van der Waals surface area contributed by atoms with Crippen LogP contribution in [0.5, 0.6) is 5.88 Å². The normalized spacial score (nSPS) is 19.6. The van der Waals surface area contributed by atoms with Crippen LogP contribution in [0.4, 0.5) is 9.18 Å². The minimum atomic E-state index is -0.589. The summed E-state index contributed by atoms with van der Waals surface area (Å²) in [6, 6.07) is 5.93. The predicted molar refractivity (Wildman–Crippen MR) is 158 cm³/mol. The van der Waals surface area contributed by atoms with Crippen molar-refractivity contribution in [3.63, 3.8) is 0 Å². The molecular formula is C31H42FN5O5. The van der Waals surface area contributed by atoms with Crippen LogP contribution in [0.3, 0.4) is 0 Å². The summed E-state index contributed by atoms with van der Waals surface area (Å²) in [7, 11) is 1.63. The van der Waals surface area contributed by atoms with Crippen LogP contribution in [0.25, 0.3) is 22.3 Å². The molecule has 11 heteroatoms. The van der Waals surface area contributed by atoms with Crippen molar-refractivity contribution in [2.45, 2.75) is 45.8 Å². The summed E-state index contributed by atoms with van der Waals surface area (Å²) < 4.78 is 37.9. The van der Waals surface area contributed by atoms with E-state index in [4.69, 9.17) is 28.9 Å². The first-order chi connectivity index (χ1) is 20.3. The van der Waals surface area contributed by atoms with Crippen molar-refractivity contribution < 1.29 is 28.1 Å². The van der Waals surface area contributed by atoms with Gasteiger partial charge in [-0.3, -0.25) is 4.90 Å². The average molecular weight is 584 g/mol. The van der Waals surface area contributed by atoms with Crippen LogP contribution in [0.1, 0.15) is 42.6 Å². The maximum atomic E-state index is 13.1. The molecule has 3 aromatic rings. The van der Waals surface area contributed by atoms with Crippen molar-refractivity contribution in [1.29, 1.82) is 0 Å². The van der Waals surface area contributed by atoms with E-state index in [0.717, 1.165) is 52.2 Å². The number of hydrogen-bond acceptors (Lipinski definition) is 8. The second-order valence-corrected chi connectivity index (χ2v) is 11.3. The fraction of sp³-hybridized carbons (Fsp3) is 0.581. The summed E-state index contributed by atoms with van der Waals surface area (Å²) in [6.45, 7) is 12.4. The van der Waals surface area contributed by atoms with E-state index in [-0.39, 0.29) is 30.8 Å². The Hall–Kier alpha value is -3.28. The number of ether oxygens (including phenoxy) is 4. The van der Waals surface area contributed by atoms with Crippen LogP contribution in [0.2, 0.25) is 0 Å². The molecule has 0 aliphatic carbocycles. The number of carbonyl (C=O) groups excluding carboxylic acids is 1. The zero-order valence-electron chi connectivity index (χ0n) is 25.3. The number of likely N-dealkylation sites (tertiary alicyclic amines) is 1. The largest absolute Gasteiger partial charge is 0.480 e. The highest BCUT2D eigenvalue weighted by molar-refractivity contribution is 5.85. The molecule has 2 aliphatic rings. The van der Waals surface area contributed by atoms with Gasteiger partial charge >= 0.3 is 6.09 Å². The standard InChI is InChI=1S/C31H42FN5O5/c1-20(2)24-7-6-23(30(33-24)39-5)28-21(3)16-25-29(34-28)22(4)17-37(25)26-18-36(19-27(26)41-12-8-32)31(38)42-15-11-35-9-13-40-14-10-35/h6-7,16-17,20,26-27H,8-15,18-19H2,1-5H3/t26-,27+/m1/s1. The summed E-state index contributed by atoms with van der Waals surface area (Å²) in [6.07, 6.45) is 1.28. The number of halogens is 1. The molecule has 5 heterocycles. The van der Waals surface area contributed by atoms with E-state index in [2.05, 4.69) is 29.4 Å². The third kappa shape index (κ3) is 6.38. The number of aromatic nitrogens is 3. The van der Waals surface area contributed by atoms with Crippen molar-refractivity contribution in [2.24, 2.45) is 0 Å². The molecule has 5 rings (SSSR count). The van der Waals surface area contributed by atoms with Crippen molar-refractivity contribution >= 4 is 17.1 Å². The number of fused-ring (bicyclic) bond motifs is 1. The average Bonchev–Trinajstić information content (AvgIpc) is 3.56. The second kappa shape index (κ2) is 13.4. The summed E-state index contributed by atoms with van der Waals surface area (Å²) in [5, 5.41) is 0. The van der Waals surface area contributed by atoms with Gasteiger partial charge in [-0.1, -0.05) is 13.8 Å². The quantitative estimate of drug-likeness (QED) is 0.344. The molecule has 0 saturated carbocycles. The van der Waals surface area contributed by atoms with Gasteiger partial charge in [0.25, 0.3) is 0 Å². The number of nitrogens with zero attached hydrogens (tertiary/aromatic N) is 5. The number of hydrogen-bond donors (Lipinski definition) is 0. The lowest BCUT2D eigenvalue weighted by Crippen LogP contribution is -2.39. The van der Waals surface area contributed by atoms with Crippen LogP contribution in [0.15, 0.2) is 24.4 Å². The SMILES string of the molecule is COc1nc(C(C)C)ccc1-c1nc2c(C)cn([C@@H]3CN(C(=O)OCCN4CCOCC4)C[C@@H]3OCCF)c2cc1C. The second-order valence-electron chi connectivity index (χ2n) is 11.3. The van der Waals surface area contributed by atoms with Gasteiger partial charge in [0.1, 0.15) is 13.3 Å². The highest BCUT2D eigenvalue weighted by Crippen LogP contribution is 2.36. The molecule has 0 spiro atoms. The maximum absolute atomic E-state index is 13.1. The summed E-state index contributed by atoms with van der Waals surface area (Å²) in [5.74, 6) is 0.827. The predicted octanol–water partition coefficient (Wildman–Crippen LogP) is 4.53. The number of aryl methyl sites for hydroxylation is 2. The van der Waals surface area contributed by atoms with Gasteiger partial charge in [0.15, 0.2) is 0 Å². The van der Waals surface area contributed by atoms with Crippen LogP contribution in [-0.2, 0) is 14.2 Å². The number of morpholine rings is 1. The highest BCUT2D eigenvalue weighted by atomic mass is 19.1. The molecule has 228 valence electrons. The van der Waals surface area contributed by atoms with Gasteiger partial charge < -0.3 is 28.4 Å². The molecule has 3 aromatic heterocycles. The topological polar surface area (TPSA) is 91.2 Å². The highest BCUT2D eigenvalue weighted by Gasteiger charge is 2.39. The van der Waals surface area contributed by atoms with Gasteiger partial charge in [-0.05, 0) is 49.1 Å². The molecule has 0 bridgehead atoms. The molecule has 0 unspecified atom stereocenters. The monoisotopic (exact) mass is 583 g/mol. The van der Waals surface area contributed by atoms with E-state index in [9.17, 15) is 9.18 Å². The third-order valence-electron chi connectivity index (χ3n) is 8.10. The molecule has 2 fully saturated rings. The Labute approximate surface area is 246 Å². The molecular weight excluding hydrogens is 541 g/mol. The summed E-state index contributed by atoms with van der Waals surface area (Å²) in [5.41, 5.74) is 6.35. The first-order valence-corrected chi connectivity index (χ1v) is 14.7. The maximum Gasteiger partial charge on any atom is 0.409 e. The summed E-state index contributed by atoms with van der Waals surface area (Å²) >= 11 is 0. The number of amides is 1. The van der Waals surface area contributed by atoms with Gasteiger partial charge in [0.05, 0.1) is 67.9 Å². The van der Waals surface area contributed by atoms with Gasteiger partial charge in [-0.2, -0.15) is 0 Å². The van der Waals surface area contributed by atoms with Crippen molar-refractivity contribution in [1.82, 2.24) is 24.3 Å². The lowest BCUT2D eigenvalue weighted by Gasteiger charge is -2.26. The Morgan fingerprint density at radius 1 is 1.12 bits per heavy atom. The number of methoxy groups -OCH3 is 1. The minimum Gasteiger partial charge on any atom is -0.480 e. The third-order valence-corrected chi connectivity index (χ3v) is 8.10. The van der Waals surface area contributed by atoms with E-state index in [1.54, 1.807) is 12.0 Å².